The molecule has 1 fully saturated rings. The van der Waals surface area contributed by atoms with Crippen LogP contribution in [0.5, 0.6) is 0 Å². The van der Waals surface area contributed by atoms with E-state index >= 15 is 0 Å². The molecule has 0 heterocycles. The lowest BCUT2D eigenvalue weighted by Crippen LogP contribution is -2.17. The minimum absolute atomic E-state index is 0.0198. The molecule has 1 spiro atoms. The van der Waals surface area contributed by atoms with Gasteiger partial charge in [-0.3, -0.25) is 0 Å². The van der Waals surface area contributed by atoms with Crippen molar-refractivity contribution in [2.45, 2.75) is 18.3 Å². The summed E-state index contributed by atoms with van der Waals surface area (Å²) in [6, 6.07) is 80.3. The molecule has 59 heavy (non-hydrogen) atoms. The van der Waals surface area contributed by atoms with Crippen LogP contribution in [-0.4, -0.2) is 0 Å². The van der Waals surface area contributed by atoms with E-state index < -0.39 is 0 Å². The van der Waals surface area contributed by atoms with Crippen molar-refractivity contribution in [2.24, 2.45) is 0 Å². The summed E-state index contributed by atoms with van der Waals surface area (Å²) in [4.78, 5) is 4.84. The van der Waals surface area contributed by atoms with Crippen LogP contribution >= 0.6 is 0 Å². The van der Waals surface area contributed by atoms with Crippen molar-refractivity contribution >= 4 is 66.4 Å². The van der Waals surface area contributed by atoms with Crippen LogP contribution in [0.25, 0.3) is 54.6 Å². The van der Waals surface area contributed by atoms with Crippen molar-refractivity contribution in [1.82, 2.24) is 0 Å². The predicted octanol–water partition coefficient (Wildman–Crippen LogP) is 15.8. The zero-order chi connectivity index (χ0) is 38.9. The number of anilines is 6. The summed E-state index contributed by atoms with van der Waals surface area (Å²) in [6.07, 6.45) is 2.32. The third kappa shape index (κ3) is 5.34. The highest BCUT2D eigenvalue weighted by Crippen LogP contribution is 2.62. The van der Waals surface area contributed by atoms with Crippen molar-refractivity contribution in [3.63, 3.8) is 0 Å². The van der Waals surface area contributed by atoms with Gasteiger partial charge >= 0.3 is 0 Å². The zero-order valence-electron chi connectivity index (χ0n) is 32.6. The van der Waals surface area contributed by atoms with E-state index in [9.17, 15) is 0 Å². The van der Waals surface area contributed by atoms with Crippen LogP contribution in [0.3, 0.4) is 0 Å². The topological polar surface area (TPSA) is 6.48 Å². The molecule has 278 valence electrons. The van der Waals surface area contributed by atoms with Gasteiger partial charge in [-0.25, -0.2) is 0 Å². The van der Waals surface area contributed by atoms with E-state index in [4.69, 9.17) is 0 Å². The summed E-state index contributed by atoms with van der Waals surface area (Å²) in [5.41, 5.74) is 15.1. The molecule has 0 amide bonds. The number of hydrogen-bond donors (Lipinski definition) is 0. The first-order valence-electron chi connectivity index (χ1n) is 20.7. The number of fused-ring (bicyclic) bond motifs is 6. The summed E-state index contributed by atoms with van der Waals surface area (Å²) in [6.45, 7) is 0. The highest BCUT2D eigenvalue weighted by atomic mass is 15.1. The molecular formula is C57H40N2. The summed E-state index contributed by atoms with van der Waals surface area (Å²) < 4.78 is 0. The van der Waals surface area contributed by atoms with Crippen LogP contribution < -0.4 is 9.80 Å². The van der Waals surface area contributed by atoms with Gasteiger partial charge in [0.05, 0.1) is 17.1 Å². The van der Waals surface area contributed by atoms with Gasteiger partial charge in [0.15, 0.2) is 0 Å². The fourth-order valence-electron chi connectivity index (χ4n) is 9.97. The molecule has 2 heteroatoms. The molecule has 0 radical (unpaired) electrons. The molecule has 2 nitrogen and oxygen atoms in total. The molecule has 0 N–H and O–H groups in total. The standard InChI is InChI=1S/C57H40N2/c1-3-18-43(19-4-1)58(53-26-11-16-40-14-7-9-22-46(40)53)45-31-28-39(29-32-45)42-30-33-48-49-34-35-55(50-24-13-25-51(56(49)50)57(36-37-57)52(48)38-42)59(44-20-5-2-6-21-44)54-27-12-17-41-15-8-10-23-47(41)54/h1-35,38H,36-37H2. The molecule has 1 saturated carbocycles. The predicted molar refractivity (Wildman–Crippen MR) is 249 cm³/mol. The minimum Gasteiger partial charge on any atom is -0.310 e. The molecular weight excluding hydrogens is 713 g/mol. The number of benzene rings is 10. The molecule has 2 aliphatic carbocycles. The summed E-state index contributed by atoms with van der Waals surface area (Å²) in [5, 5.41) is 7.63. The van der Waals surface area contributed by atoms with E-state index in [0.29, 0.717) is 0 Å². The van der Waals surface area contributed by atoms with Gasteiger partial charge in [-0.2, -0.15) is 0 Å². The van der Waals surface area contributed by atoms with Gasteiger partial charge < -0.3 is 9.80 Å². The van der Waals surface area contributed by atoms with Gasteiger partial charge in [0.2, 0.25) is 0 Å². The van der Waals surface area contributed by atoms with Crippen molar-refractivity contribution in [1.29, 1.82) is 0 Å². The SMILES string of the molecule is c1ccc(N(c2ccc(-c3ccc4c(c3)C3(CC3)c3cccc5c(N(c6ccccc6)c6cccc7ccccc67)ccc-4c35)cc2)c2cccc3ccccc23)cc1. The van der Waals surface area contributed by atoms with Gasteiger partial charge in [-0.15, -0.1) is 0 Å². The van der Waals surface area contributed by atoms with Gasteiger partial charge in [0.25, 0.3) is 0 Å². The van der Waals surface area contributed by atoms with E-state index in [2.05, 4.69) is 228 Å². The Morgan fingerprint density at radius 2 is 0.814 bits per heavy atom. The third-order valence-electron chi connectivity index (χ3n) is 12.9. The van der Waals surface area contributed by atoms with Gasteiger partial charge in [0, 0.05) is 38.6 Å². The second-order valence-corrected chi connectivity index (χ2v) is 16.1. The average Bonchev–Trinajstić information content (AvgIpc) is 4.11. The zero-order valence-corrected chi connectivity index (χ0v) is 32.6. The highest BCUT2D eigenvalue weighted by Gasteiger charge is 2.50. The normalized spacial score (nSPS) is 13.4. The molecule has 0 saturated heterocycles. The molecule has 12 rings (SSSR count). The van der Waals surface area contributed by atoms with Crippen LogP contribution in [0, 0.1) is 0 Å². The van der Waals surface area contributed by atoms with E-state index in [0.717, 1.165) is 29.9 Å². The molecule has 0 unspecified atom stereocenters. The minimum atomic E-state index is 0.0198. The Bertz CT molecular complexity index is 3210. The number of hydrogen-bond acceptors (Lipinski definition) is 2. The van der Waals surface area contributed by atoms with E-state index in [1.807, 2.05) is 0 Å². The van der Waals surface area contributed by atoms with E-state index in [1.165, 1.54) is 82.8 Å². The van der Waals surface area contributed by atoms with Crippen LogP contribution in [0.1, 0.15) is 24.0 Å². The lowest BCUT2D eigenvalue weighted by Gasteiger charge is -2.33. The van der Waals surface area contributed by atoms with Crippen LogP contribution in [0.2, 0.25) is 0 Å². The summed E-state index contributed by atoms with van der Waals surface area (Å²) in [5.74, 6) is 0. The highest BCUT2D eigenvalue weighted by molar-refractivity contribution is 6.12. The molecule has 0 bridgehead atoms. The van der Waals surface area contributed by atoms with E-state index in [1.54, 1.807) is 0 Å². The molecule has 0 aliphatic heterocycles. The maximum atomic E-state index is 2.50. The summed E-state index contributed by atoms with van der Waals surface area (Å²) >= 11 is 0. The van der Waals surface area contributed by atoms with Crippen molar-refractivity contribution in [3.8, 4) is 22.3 Å². The average molecular weight is 753 g/mol. The first-order chi connectivity index (χ1) is 29.2. The number of para-hydroxylation sites is 2. The van der Waals surface area contributed by atoms with Crippen molar-refractivity contribution in [2.75, 3.05) is 9.80 Å². The van der Waals surface area contributed by atoms with Crippen LogP contribution in [0.15, 0.2) is 218 Å². The largest absolute Gasteiger partial charge is 0.310 e. The Hall–Kier alpha value is -7.42. The fraction of sp³-hybridized carbons (Fsp3) is 0.0526. The Balaban J connectivity index is 0.968. The van der Waals surface area contributed by atoms with Gasteiger partial charge in [-0.1, -0.05) is 158 Å². The summed E-state index contributed by atoms with van der Waals surface area (Å²) in [7, 11) is 0. The smallest absolute Gasteiger partial charge is 0.0540 e. The Labute approximate surface area is 344 Å². The number of rotatable bonds is 7. The van der Waals surface area contributed by atoms with Crippen molar-refractivity contribution < 1.29 is 0 Å². The molecule has 2 aliphatic rings. The Morgan fingerprint density at radius 1 is 0.322 bits per heavy atom. The Kier molecular flexibility index (Phi) is 7.61. The molecule has 10 aromatic rings. The number of nitrogens with zero attached hydrogens (tertiary/aromatic N) is 2. The van der Waals surface area contributed by atoms with Gasteiger partial charge in [-0.05, 0) is 123 Å². The quantitative estimate of drug-likeness (QED) is 0.160. The van der Waals surface area contributed by atoms with E-state index in [-0.39, 0.29) is 5.41 Å². The molecule has 10 aromatic carbocycles. The Morgan fingerprint density at radius 3 is 1.47 bits per heavy atom. The third-order valence-corrected chi connectivity index (χ3v) is 12.9. The van der Waals surface area contributed by atoms with Crippen LogP contribution in [0.4, 0.5) is 34.1 Å². The lowest BCUT2D eigenvalue weighted by atomic mass is 9.73. The van der Waals surface area contributed by atoms with Crippen molar-refractivity contribution in [3.05, 3.63) is 230 Å². The second-order valence-electron chi connectivity index (χ2n) is 16.1. The van der Waals surface area contributed by atoms with Crippen LogP contribution in [-0.2, 0) is 5.41 Å². The maximum Gasteiger partial charge on any atom is 0.0540 e. The molecule has 0 atom stereocenters. The molecule has 0 aromatic heterocycles. The second kappa shape index (κ2) is 13.3. The monoisotopic (exact) mass is 752 g/mol. The maximum absolute atomic E-state index is 2.50. The first-order valence-corrected chi connectivity index (χ1v) is 20.7. The lowest BCUT2D eigenvalue weighted by molar-refractivity contribution is 0.853. The fourth-order valence-corrected chi connectivity index (χ4v) is 9.97. The van der Waals surface area contributed by atoms with Gasteiger partial charge in [0.1, 0.15) is 0 Å². The first kappa shape index (κ1) is 33.7.